The Labute approximate surface area is 163 Å². The second-order valence-electron chi connectivity index (χ2n) is 6.96. The first-order valence-corrected chi connectivity index (χ1v) is 10.3. The van der Waals surface area contributed by atoms with E-state index in [1.807, 2.05) is 28.5 Å². The maximum Gasteiger partial charge on any atom is 0.265 e. The minimum Gasteiger partial charge on any atom is -0.337 e. The van der Waals surface area contributed by atoms with E-state index in [-0.39, 0.29) is 11.8 Å². The second kappa shape index (κ2) is 8.21. The lowest BCUT2D eigenvalue weighted by atomic mass is 10.1. The highest BCUT2D eigenvalue weighted by molar-refractivity contribution is 7.12. The molecule has 0 saturated carbocycles. The standard InChI is InChI=1S/C20H24N4O2S/c25-19(18-6-3-13-27-18)22-17-5-2-1-4-16(17)20(26)24-10-7-15(14-24)23-11-8-21-9-12-23/h1-6,13,15,21H,7-12,14H2,(H,22,25). The summed E-state index contributed by atoms with van der Waals surface area (Å²) in [6, 6.07) is 11.3. The average Bonchev–Trinajstić information content (AvgIpc) is 3.41. The maximum atomic E-state index is 13.1. The summed E-state index contributed by atoms with van der Waals surface area (Å²) in [6.45, 7) is 5.64. The van der Waals surface area contributed by atoms with Crippen LogP contribution in [0.4, 0.5) is 5.69 Å². The monoisotopic (exact) mass is 384 g/mol. The molecule has 2 saturated heterocycles. The first-order chi connectivity index (χ1) is 13.2. The number of hydrogen-bond acceptors (Lipinski definition) is 5. The van der Waals surface area contributed by atoms with E-state index < -0.39 is 0 Å². The highest BCUT2D eigenvalue weighted by Crippen LogP contribution is 2.23. The molecule has 3 heterocycles. The molecule has 2 fully saturated rings. The van der Waals surface area contributed by atoms with Crippen LogP contribution < -0.4 is 10.6 Å². The zero-order chi connectivity index (χ0) is 18.6. The van der Waals surface area contributed by atoms with E-state index in [1.165, 1.54) is 11.3 Å². The molecule has 1 aromatic carbocycles. The van der Waals surface area contributed by atoms with Gasteiger partial charge in [-0.3, -0.25) is 14.5 Å². The molecule has 2 aromatic rings. The smallest absolute Gasteiger partial charge is 0.265 e. The summed E-state index contributed by atoms with van der Waals surface area (Å²) in [6.07, 6.45) is 1.01. The van der Waals surface area contributed by atoms with Crippen LogP contribution in [0.15, 0.2) is 41.8 Å². The molecule has 2 aliphatic rings. The second-order valence-corrected chi connectivity index (χ2v) is 7.90. The largest absolute Gasteiger partial charge is 0.337 e. The van der Waals surface area contributed by atoms with Crippen LogP contribution in [0.25, 0.3) is 0 Å². The minimum atomic E-state index is -0.176. The van der Waals surface area contributed by atoms with E-state index in [1.54, 1.807) is 18.2 Å². The van der Waals surface area contributed by atoms with Crippen molar-refractivity contribution in [3.8, 4) is 0 Å². The summed E-state index contributed by atoms with van der Waals surface area (Å²) in [5.74, 6) is -0.180. The van der Waals surface area contributed by atoms with Crippen LogP contribution in [0.2, 0.25) is 0 Å². The molecule has 1 aromatic heterocycles. The van der Waals surface area contributed by atoms with Gasteiger partial charge in [0, 0.05) is 45.3 Å². The van der Waals surface area contributed by atoms with Gasteiger partial charge in [-0.1, -0.05) is 18.2 Å². The van der Waals surface area contributed by atoms with E-state index in [9.17, 15) is 9.59 Å². The Morgan fingerprint density at radius 3 is 2.67 bits per heavy atom. The van der Waals surface area contributed by atoms with Gasteiger partial charge in [-0.15, -0.1) is 11.3 Å². The molecule has 0 radical (unpaired) electrons. The number of nitrogens with zero attached hydrogens (tertiary/aromatic N) is 2. The molecular formula is C20H24N4O2S. The van der Waals surface area contributed by atoms with Gasteiger partial charge < -0.3 is 15.5 Å². The Hall–Kier alpha value is -2.22. The summed E-state index contributed by atoms with van der Waals surface area (Å²) in [4.78, 5) is 30.5. The first kappa shape index (κ1) is 18.2. The van der Waals surface area contributed by atoms with Crippen LogP contribution >= 0.6 is 11.3 Å². The Balaban J connectivity index is 1.45. The molecule has 1 atom stereocenters. The van der Waals surface area contributed by atoms with Crippen molar-refractivity contribution >= 4 is 28.8 Å². The molecule has 0 spiro atoms. The molecule has 0 aliphatic carbocycles. The van der Waals surface area contributed by atoms with E-state index in [2.05, 4.69) is 15.5 Å². The van der Waals surface area contributed by atoms with Crippen molar-refractivity contribution in [1.82, 2.24) is 15.1 Å². The molecule has 6 nitrogen and oxygen atoms in total. The van der Waals surface area contributed by atoms with Crippen LogP contribution in [0.1, 0.15) is 26.5 Å². The van der Waals surface area contributed by atoms with E-state index in [4.69, 9.17) is 0 Å². The molecule has 1 unspecified atom stereocenters. The van der Waals surface area contributed by atoms with Gasteiger partial charge in [-0.05, 0) is 30.0 Å². The minimum absolute atomic E-state index is 0.00489. The number of rotatable bonds is 4. The van der Waals surface area contributed by atoms with Gasteiger partial charge in [0.05, 0.1) is 16.1 Å². The van der Waals surface area contributed by atoms with Crippen LogP contribution in [0.5, 0.6) is 0 Å². The summed E-state index contributed by atoms with van der Waals surface area (Å²) >= 11 is 1.39. The maximum absolute atomic E-state index is 13.1. The SMILES string of the molecule is O=C(Nc1ccccc1C(=O)N1CCC(N2CCNCC2)C1)c1cccs1. The zero-order valence-electron chi connectivity index (χ0n) is 15.2. The van der Waals surface area contributed by atoms with Gasteiger partial charge in [0.15, 0.2) is 0 Å². The Bertz CT molecular complexity index is 802. The van der Waals surface area contributed by atoms with Gasteiger partial charge in [-0.2, -0.15) is 0 Å². The number of para-hydroxylation sites is 1. The average molecular weight is 385 g/mol. The van der Waals surface area contributed by atoms with E-state index in [0.717, 1.165) is 45.7 Å². The third-order valence-electron chi connectivity index (χ3n) is 5.27. The Morgan fingerprint density at radius 2 is 1.89 bits per heavy atom. The number of carbonyl (C=O) groups is 2. The number of amides is 2. The number of nitrogens with one attached hydrogen (secondary N) is 2. The topological polar surface area (TPSA) is 64.7 Å². The fraction of sp³-hybridized carbons (Fsp3) is 0.400. The Morgan fingerprint density at radius 1 is 1.07 bits per heavy atom. The number of hydrogen-bond donors (Lipinski definition) is 2. The van der Waals surface area contributed by atoms with Gasteiger partial charge in [-0.25, -0.2) is 0 Å². The number of piperazine rings is 1. The molecule has 4 rings (SSSR count). The van der Waals surface area contributed by atoms with Crippen molar-refractivity contribution in [3.05, 3.63) is 52.2 Å². The van der Waals surface area contributed by atoms with Crippen LogP contribution in [-0.2, 0) is 0 Å². The number of thiophene rings is 1. The lowest BCUT2D eigenvalue weighted by Gasteiger charge is -2.32. The van der Waals surface area contributed by atoms with Crippen molar-refractivity contribution in [2.75, 3.05) is 44.6 Å². The van der Waals surface area contributed by atoms with E-state index in [0.29, 0.717) is 22.2 Å². The molecule has 7 heteroatoms. The zero-order valence-corrected chi connectivity index (χ0v) is 16.0. The predicted octanol–water partition coefficient (Wildman–Crippen LogP) is 2.12. The van der Waals surface area contributed by atoms with Gasteiger partial charge >= 0.3 is 0 Å². The first-order valence-electron chi connectivity index (χ1n) is 9.40. The van der Waals surface area contributed by atoms with Crippen molar-refractivity contribution in [2.24, 2.45) is 0 Å². The lowest BCUT2D eigenvalue weighted by molar-refractivity contribution is 0.0774. The van der Waals surface area contributed by atoms with Crippen molar-refractivity contribution in [2.45, 2.75) is 12.5 Å². The van der Waals surface area contributed by atoms with E-state index >= 15 is 0 Å². The number of likely N-dealkylation sites (tertiary alicyclic amines) is 1. The molecule has 2 aliphatic heterocycles. The summed E-state index contributed by atoms with van der Waals surface area (Å²) < 4.78 is 0. The quantitative estimate of drug-likeness (QED) is 0.848. The fourth-order valence-electron chi connectivity index (χ4n) is 3.81. The lowest BCUT2D eigenvalue weighted by Crippen LogP contribution is -2.49. The van der Waals surface area contributed by atoms with Crippen molar-refractivity contribution < 1.29 is 9.59 Å². The molecule has 27 heavy (non-hydrogen) atoms. The van der Waals surface area contributed by atoms with Crippen LogP contribution in [0.3, 0.4) is 0 Å². The number of anilines is 1. The van der Waals surface area contributed by atoms with Crippen molar-refractivity contribution in [3.63, 3.8) is 0 Å². The normalized spacial score (nSPS) is 20.6. The molecular weight excluding hydrogens is 360 g/mol. The number of benzene rings is 1. The molecule has 2 N–H and O–H groups in total. The Kier molecular flexibility index (Phi) is 5.52. The summed E-state index contributed by atoms with van der Waals surface area (Å²) in [5, 5.41) is 8.14. The van der Waals surface area contributed by atoms with Crippen LogP contribution in [0, 0.1) is 0 Å². The highest BCUT2D eigenvalue weighted by Gasteiger charge is 2.32. The molecule has 0 bridgehead atoms. The van der Waals surface area contributed by atoms with Gasteiger partial charge in [0.1, 0.15) is 0 Å². The fourth-order valence-corrected chi connectivity index (χ4v) is 4.43. The molecule has 142 valence electrons. The van der Waals surface area contributed by atoms with Gasteiger partial charge in [0.2, 0.25) is 0 Å². The summed E-state index contributed by atoms with van der Waals surface area (Å²) in [5.41, 5.74) is 1.13. The summed E-state index contributed by atoms with van der Waals surface area (Å²) in [7, 11) is 0. The third kappa shape index (κ3) is 4.05. The highest BCUT2D eigenvalue weighted by atomic mass is 32.1. The predicted molar refractivity (Wildman–Crippen MR) is 107 cm³/mol. The van der Waals surface area contributed by atoms with Gasteiger partial charge in [0.25, 0.3) is 11.8 Å². The molecule has 2 amide bonds. The number of carbonyl (C=O) groups excluding carboxylic acids is 2. The van der Waals surface area contributed by atoms with Crippen LogP contribution in [-0.4, -0.2) is 66.9 Å². The third-order valence-corrected chi connectivity index (χ3v) is 6.14. The van der Waals surface area contributed by atoms with Crippen molar-refractivity contribution in [1.29, 1.82) is 0 Å².